The lowest BCUT2D eigenvalue weighted by Crippen LogP contribution is -2.13. The van der Waals surface area contributed by atoms with Gasteiger partial charge in [0.2, 0.25) is 5.76 Å². The first-order valence-corrected chi connectivity index (χ1v) is 4.32. The number of rotatable bonds is 6. The summed E-state index contributed by atoms with van der Waals surface area (Å²) in [5.41, 5.74) is 0. The van der Waals surface area contributed by atoms with Crippen molar-refractivity contribution in [1.29, 1.82) is 0 Å². The molecule has 0 saturated carbocycles. The Hall–Kier alpha value is -1.58. The molecule has 0 bridgehead atoms. The van der Waals surface area contributed by atoms with E-state index in [0.717, 1.165) is 18.9 Å². The van der Waals surface area contributed by atoms with E-state index in [0.29, 0.717) is 6.61 Å². The van der Waals surface area contributed by atoms with E-state index in [-0.39, 0.29) is 5.76 Å². The average Bonchev–Trinajstić information content (AvgIpc) is 2.17. The van der Waals surface area contributed by atoms with Crippen LogP contribution in [0.3, 0.4) is 0 Å². The third-order valence-electron chi connectivity index (χ3n) is 1.35. The minimum absolute atomic E-state index is 0.306. The minimum Gasteiger partial charge on any atom is -0.460 e. The smallest absolute Gasteiger partial charge is 0.373 e. The maximum atomic E-state index is 11.0. The van der Waals surface area contributed by atoms with Gasteiger partial charge < -0.3 is 9.47 Å². The van der Waals surface area contributed by atoms with Crippen LogP contribution >= 0.6 is 0 Å². The summed E-state index contributed by atoms with van der Waals surface area (Å²) in [5, 5.41) is 0. The van der Waals surface area contributed by atoms with Gasteiger partial charge >= 0.3 is 11.9 Å². The first kappa shape index (κ1) is 12.4. The van der Waals surface area contributed by atoms with E-state index in [1.165, 1.54) is 0 Å². The summed E-state index contributed by atoms with van der Waals surface area (Å²) >= 11 is 0. The van der Waals surface area contributed by atoms with Crippen molar-refractivity contribution in [3.8, 4) is 0 Å². The van der Waals surface area contributed by atoms with Crippen molar-refractivity contribution >= 4 is 11.9 Å². The molecule has 0 N–H and O–H groups in total. The monoisotopic (exact) mass is 198 g/mol. The van der Waals surface area contributed by atoms with Crippen molar-refractivity contribution < 1.29 is 19.1 Å². The number of ether oxygens (including phenoxy) is 2. The Morgan fingerprint density at radius 3 is 2.57 bits per heavy atom. The molecule has 4 nitrogen and oxygen atoms in total. The normalized spacial score (nSPS) is 8.93. The van der Waals surface area contributed by atoms with E-state index in [1.54, 1.807) is 0 Å². The fourth-order valence-electron chi connectivity index (χ4n) is 0.594. The first-order valence-electron chi connectivity index (χ1n) is 4.32. The molecule has 4 heteroatoms. The molecule has 0 aromatic heterocycles. The highest BCUT2D eigenvalue weighted by atomic mass is 16.6. The summed E-state index contributed by atoms with van der Waals surface area (Å²) in [6.45, 7) is 8.71. The Labute approximate surface area is 83.2 Å². The topological polar surface area (TPSA) is 52.6 Å². The number of esters is 2. The van der Waals surface area contributed by atoms with Crippen LogP contribution in [0.2, 0.25) is 0 Å². The van der Waals surface area contributed by atoms with Crippen LogP contribution in [-0.2, 0) is 19.1 Å². The number of hydrogen-bond donors (Lipinski definition) is 0. The van der Waals surface area contributed by atoms with Crippen molar-refractivity contribution in [1.82, 2.24) is 0 Å². The third-order valence-corrected chi connectivity index (χ3v) is 1.35. The van der Waals surface area contributed by atoms with E-state index < -0.39 is 11.9 Å². The third kappa shape index (κ3) is 5.13. The van der Waals surface area contributed by atoms with Crippen LogP contribution in [0.25, 0.3) is 0 Å². The van der Waals surface area contributed by atoms with Gasteiger partial charge in [-0.25, -0.2) is 9.59 Å². The highest BCUT2D eigenvalue weighted by Gasteiger charge is 2.11. The molecule has 0 aromatic carbocycles. The second-order valence-corrected chi connectivity index (χ2v) is 2.54. The second kappa shape index (κ2) is 6.88. The lowest BCUT2D eigenvalue weighted by atomic mass is 10.4. The van der Waals surface area contributed by atoms with Crippen molar-refractivity contribution in [2.45, 2.75) is 19.8 Å². The fraction of sp³-hybridized carbons (Fsp3) is 0.400. The zero-order valence-electron chi connectivity index (χ0n) is 8.25. The molecule has 0 amide bonds. The molecule has 0 spiro atoms. The van der Waals surface area contributed by atoms with Crippen LogP contribution in [0.4, 0.5) is 0 Å². The van der Waals surface area contributed by atoms with Crippen molar-refractivity contribution in [3.63, 3.8) is 0 Å². The van der Waals surface area contributed by atoms with E-state index in [9.17, 15) is 9.59 Å². The zero-order chi connectivity index (χ0) is 11.0. The van der Waals surface area contributed by atoms with Crippen LogP contribution in [0, 0.1) is 0 Å². The Morgan fingerprint density at radius 1 is 1.43 bits per heavy atom. The largest absolute Gasteiger partial charge is 0.460 e. The Bertz CT molecular complexity index is 243. The summed E-state index contributed by atoms with van der Waals surface area (Å²) in [6.07, 6.45) is 2.64. The molecule has 0 rings (SSSR count). The summed E-state index contributed by atoms with van der Waals surface area (Å²) in [7, 11) is 0. The molecule has 0 saturated heterocycles. The molecule has 0 radical (unpaired) electrons. The molecule has 0 heterocycles. The van der Waals surface area contributed by atoms with Gasteiger partial charge in [-0.15, -0.1) is 0 Å². The van der Waals surface area contributed by atoms with Gasteiger partial charge in [0.15, 0.2) is 0 Å². The number of hydrogen-bond acceptors (Lipinski definition) is 4. The quantitative estimate of drug-likeness (QED) is 0.281. The van der Waals surface area contributed by atoms with Gasteiger partial charge in [-0.05, 0) is 13.0 Å². The SMILES string of the molecule is C=CC(=O)OC(=C)C(=O)OCCCC. The van der Waals surface area contributed by atoms with E-state index in [4.69, 9.17) is 4.74 Å². The molecule has 0 aliphatic heterocycles. The van der Waals surface area contributed by atoms with Gasteiger partial charge in [-0.2, -0.15) is 0 Å². The van der Waals surface area contributed by atoms with Crippen molar-refractivity contribution in [2.75, 3.05) is 6.61 Å². The summed E-state index contributed by atoms with van der Waals surface area (Å²) < 4.78 is 9.21. The molecule has 0 aliphatic carbocycles. The van der Waals surface area contributed by atoms with Gasteiger partial charge in [-0.3, -0.25) is 0 Å². The maximum absolute atomic E-state index is 11.0. The predicted molar refractivity (Wildman–Crippen MR) is 51.3 cm³/mol. The lowest BCUT2D eigenvalue weighted by molar-refractivity contribution is -0.149. The molecule has 0 fully saturated rings. The van der Waals surface area contributed by atoms with E-state index in [2.05, 4.69) is 17.9 Å². The van der Waals surface area contributed by atoms with Gasteiger partial charge in [0, 0.05) is 6.08 Å². The molecule has 0 aliphatic rings. The number of carbonyl (C=O) groups is 2. The van der Waals surface area contributed by atoms with Crippen molar-refractivity contribution in [3.05, 3.63) is 25.0 Å². The lowest BCUT2D eigenvalue weighted by Gasteiger charge is -2.05. The molecule has 0 aromatic rings. The standard InChI is InChI=1S/C10H14O4/c1-4-6-7-13-10(12)8(3)14-9(11)5-2/h5H,2-4,6-7H2,1H3. The van der Waals surface area contributed by atoms with Gasteiger partial charge in [0.1, 0.15) is 0 Å². The Balaban J connectivity index is 3.82. The van der Waals surface area contributed by atoms with E-state index in [1.807, 2.05) is 6.92 Å². The molecule has 0 unspecified atom stereocenters. The fourth-order valence-corrected chi connectivity index (χ4v) is 0.594. The molecule has 78 valence electrons. The Kier molecular flexibility index (Phi) is 6.11. The van der Waals surface area contributed by atoms with Crippen LogP contribution < -0.4 is 0 Å². The second-order valence-electron chi connectivity index (χ2n) is 2.54. The summed E-state index contributed by atoms with van der Waals surface area (Å²) in [6, 6.07) is 0. The summed E-state index contributed by atoms with van der Waals surface area (Å²) in [4.78, 5) is 21.7. The van der Waals surface area contributed by atoms with Gasteiger partial charge in [-0.1, -0.05) is 19.9 Å². The zero-order valence-corrected chi connectivity index (χ0v) is 8.25. The molecule has 0 atom stereocenters. The van der Waals surface area contributed by atoms with Gasteiger partial charge in [0.25, 0.3) is 0 Å². The molecular formula is C10H14O4. The first-order chi connectivity index (χ1) is 6.61. The van der Waals surface area contributed by atoms with Crippen LogP contribution in [0.1, 0.15) is 19.8 Å². The molecular weight excluding hydrogens is 184 g/mol. The Morgan fingerprint density at radius 2 is 2.07 bits per heavy atom. The van der Waals surface area contributed by atoms with Crippen molar-refractivity contribution in [2.24, 2.45) is 0 Å². The molecule has 14 heavy (non-hydrogen) atoms. The highest BCUT2D eigenvalue weighted by Crippen LogP contribution is 1.99. The van der Waals surface area contributed by atoms with Crippen LogP contribution in [0.5, 0.6) is 0 Å². The van der Waals surface area contributed by atoms with E-state index >= 15 is 0 Å². The van der Waals surface area contributed by atoms with Crippen LogP contribution in [0.15, 0.2) is 25.0 Å². The minimum atomic E-state index is -0.720. The maximum Gasteiger partial charge on any atom is 0.373 e. The highest BCUT2D eigenvalue weighted by molar-refractivity contribution is 5.91. The number of carbonyl (C=O) groups excluding carboxylic acids is 2. The predicted octanol–water partition coefficient (Wildman–Crippen LogP) is 1.57. The van der Waals surface area contributed by atoms with Crippen LogP contribution in [-0.4, -0.2) is 18.5 Å². The number of unbranched alkanes of at least 4 members (excludes halogenated alkanes) is 1. The average molecular weight is 198 g/mol. The summed E-state index contributed by atoms with van der Waals surface area (Å²) in [5.74, 6) is -1.75. The van der Waals surface area contributed by atoms with Gasteiger partial charge in [0.05, 0.1) is 6.61 Å².